The minimum atomic E-state index is -4.50. The van der Waals surface area contributed by atoms with Crippen LogP contribution in [0.4, 0.5) is 30.4 Å². The topological polar surface area (TPSA) is 71.1 Å². The molecule has 0 saturated heterocycles. The molecule has 0 aliphatic rings. The number of hydrogen-bond donors (Lipinski definition) is 2. The van der Waals surface area contributed by atoms with E-state index in [2.05, 4.69) is 15.6 Å². The molecule has 1 heterocycles. The third-order valence-electron chi connectivity index (χ3n) is 2.50. The van der Waals surface area contributed by atoms with Crippen molar-refractivity contribution in [3.63, 3.8) is 0 Å². The molecule has 0 fully saturated rings. The lowest BCUT2D eigenvalue weighted by atomic mass is 10.2. The third-order valence-corrected chi connectivity index (χ3v) is 2.50. The molecule has 1 aromatic heterocycles. The molecule has 0 aliphatic heterocycles. The van der Waals surface area contributed by atoms with Crippen molar-refractivity contribution < 1.29 is 13.2 Å². The molecule has 0 atom stereocenters. The molecule has 0 aliphatic carbocycles. The van der Waals surface area contributed by atoms with Crippen LogP contribution in [0.15, 0.2) is 27.9 Å². The SMILES string of the molecule is CNc1c(Nc2cc(C(F)(F)F)ccn2)c(=O)c1=O. The molecule has 2 rings (SSSR count). The molecule has 8 heteroatoms. The lowest BCUT2D eigenvalue weighted by molar-refractivity contribution is -0.137. The Labute approximate surface area is 104 Å². The summed E-state index contributed by atoms with van der Waals surface area (Å²) in [7, 11) is 1.43. The van der Waals surface area contributed by atoms with Gasteiger partial charge in [-0.15, -0.1) is 0 Å². The molecule has 19 heavy (non-hydrogen) atoms. The van der Waals surface area contributed by atoms with E-state index in [1.165, 1.54) is 7.05 Å². The number of nitrogens with one attached hydrogen (secondary N) is 2. The Morgan fingerprint density at radius 3 is 2.37 bits per heavy atom. The highest BCUT2D eigenvalue weighted by molar-refractivity contribution is 5.77. The molecule has 0 unspecified atom stereocenters. The summed E-state index contributed by atoms with van der Waals surface area (Å²) >= 11 is 0. The number of rotatable bonds is 3. The highest BCUT2D eigenvalue weighted by Crippen LogP contribution is 2.30. The number of aromatic nitrogens is 1. The summed E-state index contributed by atoms with van der Waals surface area (Å²) in [4.78, 5) is 26.0. The van der Waals surface area contributed by atoms with E-state index in [0.29, 0.717) is 0 Å². The van der Waals surface area contributed by atoms with Crippen molar-refractivity contribution in [2.75, 3.05) is 17.7 Å². The highest BCUT2D eigenvalue weighted by atomic mass is 19.4. The fourth-order valence-corrected chi connectivity index (χ4v) is 1.55. The van der Waals surface area contributed by atoms with Gasteiger partial charge in [0.15, 0.2) is 0 Å². The summed E-state index contributed by atoms with van der Waals surface area (Å²) in [6, 6.07) is 1.57. The van der Waals surface area contributed by atoms with Crippen molar-refractivity contribution in [2.24, 2.45) is 0 Å². The van der Waals surface area contributed by atoms with Gasteiger partial charge in [-0.25, -0.2) is 4.98 Å². The molecule has 100 valence electrons. The van der Waals surface area contributed by atoms with Crippen molar-refractivity contribution in [1.82, 2.24) is 4.98 Å². The fraction of sp³-hybridized carbons (Fsp3) is 0.182. The largest absolute Gasteiger partial charge is 0.416 e. The molecule has 0 radical (unpaired) electrons. The van der Waals surface area contributed by atoms with Gasteiger partial charge in [0.05, 0.1) is 5.56 Å². The number of nitrogens with zero attached hydrogens (tertiary/aromatic N) is 1. The lowest BCUT2D eigenvalue weighted by Gasteiger charge is -2.13. The van der Waals surface area contributed by atoms with Gasteiger partial charge in [0, 0.05) is 13.2 Å². The predicted octanol–water partition coefficient (Wildman–Crippen LogP) is 1.48. The van der Waals surface area contributed by atoms with Crippen LogP contribution in [0.1, 0.15) is 5.56 Å². The second kappa shape index (κ2) is 4.38. The quantitative estimate of drug-likeness (QED) is 0.827. The summed E-state index contributed by atoms with van der Waals surface area (Å²) in [5, 5.41) is 4.90. The smallest absolute Gasteiger partial charge is 0.383 e. The zero-order valence-corrected chi connectivity index (χ0v) is 9.63. The summed E-state index contributed by atoms with van der Waals surface area (Å²) < 4.78 is 37.4. The third kappa shape index (κ3) is 2.28. The first-order chi connectivity index (χ1) is 8.84. The maximum atomic E-state index is 12.5. The molecule has 0 spiro atoms. The fourth-order valence-electron chi connectivity index (χ4n) is 1.55. The van der Waals surface area contributed by atoms with Crippen molar-refractivity contribution in [1.29, 1.82) is 0 Å². The molecule has 1 aromatic carbocycles. The van der Waals surface area contributed by atoms with Gasteiger partial charge in [-0.2, -0.15) is 13.2 Å². The standard InChI is InChI=1S/C11H8F3N3O2/c1-15-7-8(10(19)9(7)18)17-6-4-5(2-3-16-6)11(12,13)14/h2-4,15H,1H3,(H,16,17). The van der Waals surface area contributed by atoms with Crippen molar-refractivity contribution in [3.8, 4) is 0 Å². The van der Waals surface area contributed by atoms with E-state index >= 15 is 0 Å². The first kappa shape index (κ1) is 13.1. The highest BCUT2D eigenvalue weighted by Gasteiger charge is 2.31. The molecule has 0 bridgehead atoms. The van der Waals surface area contributed by atoms with Gasteiger partial charge >= 0.3 is 6.18 Å². The minimum absolute atomic E-state index is 0.0317. The van der Waals surface area contributed by atoms with E-state index in [1.807, 2.05) is 0 Å². The van der Waals surface area contributed by atoms with Crippen LogP contribution in [0.5, 0.6) is 0 Å². The van der Waals surface area contributed by atoms with E-state index in [0.717, 1.165) is 18.3 Å². The van der Waals surface area contributed by atoms with Gasteiger partial charge in [-0.3, -0.25) is 9.59 Å². The summed E-state index contributed by atoms with van der Waals surface area (Å²) in [6.45, 7) is 0. The second-order valence-corrected chi connectivity index (χ2v) is 3.71. The van der Waals surface area contributed by atoms with Gasteiger partial charge in [-0.1, -0.05) is 0 Å². The van der Waals surface area contributed by atoms with Crippen molar-refractivity contribution in [3.05, 3.63) is 44.3 Å². The van der Waals surface area contributed by atoms with E-state index in [1.54, 1.807) is 0 Å². The van der Waals surface area contributed by atoms with Crippen molar-refractivity contribution in [2.45, 2.75) is 6.18 Å². The number of pyridine rings is 1. The lowest BCUT2D eigenvalue weighted by Crippen LogP contribution is -2.36. The Morgan fingerprint density at radius 1 is 1.16 bits per heavy atom. The van der Waals surface area contributed by atoms with Crippen LogP contribution in [0.3, 0.4) is 0 Å². The minimum Gasteiger partial charge on any atom is -0.383 e. The molecule has 0 saturated carbocycles. The first-order valence-electron chi connectivity index (χ1n) is 5.16. The van der Waals surface area contributed by atoms with Crippen LogP contribution in [-0.4, -0.2) is 12.0 Å². The summed E-state index contributed by atoms with van der Waals surface area (Å²) in [6.07, 6.45) is -3.53. The van der Waals surface area contributed by atoms with Crippen LogP contribution in [0.2, 0.25) is 0 Å². The number of halogens is 3. The number of alkyl halides is 3. The second-order valence-electron chi connectivity index (χ2n) is 3.71. The van der Waals surface area contributed by atoms with Crippen LogP contribution < -0.4 is 21.5 Å². The van der Waals surface area contributed by atoms with Gasteiger partial charge < -0.3 is 10.6 Å². The molecular weight excluding hydrogens is 263 g/mol. The van der Waals surface area contributed by atoms with E-state index in [4.69, 9.17) is 0 Å². The monoisotopic (exact) mass is 271 g/mol. The predicted molar refractivity (Wildman–Crippen MR) is 63.4 cm³/mol. The first-order valence-corrected chi connectivity index (χ1v) is 5.16. The molecule has 2 N–H and O–H groups in total. The molecule has 5 nitrogen and oxygen atoms in total. The molecule has 2 aromatic rings. The normalized spacial score (nSPS) is 11.6. The van der Waals surface area contributed by atoms with Gasteiger partial charge in [0.2, 0.25) is 0 Å². The Bertz CT molecular complexity index is 687. The Kier molecular flexibility index (Phi) is 3.01. The Morgan fingerprint density at radius 2 is 1.79 bits per heavy atom. The van der Waals surface area contributed by atoms with Crippen LogP contribution in [-0.2, 0) is 6.18 Å². The van der Waals surface area contributed by atoms with Crippen LogP contribution in [0.25, 0.3) is 0 Å². The Balaban J connectivity index is 2.32. The van der Waals surface area contributed by atoms with Crippen LogP contribution in [0, 0.1) is 0 Å². The zero-order valence-electron chi connectivity index (χ0n) is 9.63. The van der Waals surface area contributed by atoms with Gasteiger partial charge in [-0.05, 0) is 12.1 Å². The average Bonchev–Trinajstić information content (AvgIpc) is 2.37. The maximum absolute atomic E-state index is 12.5. The Hall–Kier alpha value is -2.38. The van der Waals surface area contributed by atoms with Crippen molar-refractivity contribution >= 4 is 17.2 Å². The number of anilines is 3. The summed E-state index contributed by atoms with van der Waals surface area (Å²) in [5.41, 5.74) is -2.45. The van der Waals surface area contributed by atoms with Gasteiger partial charge in [0.1, 0.15) is 17.2 Å². The summed E-state index contributed by atoms with van der Waals surface area (Å²) in [5.74, 6) is -0.154. The maximum Gasteiger partial charge on any atom is 0.416 e. The molecular formula is C11H8F3N3O2. The van der Waals surface area contributed by atoms with E-state index in [-0.39, 0.29) is 17.2 Å². The average molecular weight is 271 g/mol. The van der Waals surface area contributed by atoms with E-state index in [9.17, 15) is 22.8 Å². The van der Waals surface area contributed by atoms with Gasteiger partial charge in [0.25, 0.3) is 10.9 Å². The molecule has 0 amide bonds. The van der Waals surface area contributed by atoms with E-state index < -0.39 is 22.6 Å². The zero-order chi connectivity index (χ0) is 14.2. The van der Waals surface area contributed by atoms with Crippen LogP contribution >= 0.6 is 0 Å². The number of hydrogen-bond acceptors (Lipinski definition) is 5.